The molecule has 1 unspecified atom stereocenters. The molecule has 0 spiro atoms. The van der Waals surface area contributed by atoms with Gasteiger partial charge in [0.15, 0.2) is 11.3 Å². The van der Waals surface area contributed by atoms with Gasteiger partial charge in [0.25, 0.3) is 11.5 Å². The summed E-state index contributed by atoms with van der Waals surface area (Å²) in [4.78, 5) is 37.4. The summed E-state index contributed by atoms with van der Waals surface area (Å²) in [5, 5.41) is 35.4. The highest BCUT2D eigenvalue weighted by molar-refractivity contribution is 6.01. The van der Waals surface area contributed by atoms with Crippen LogP contribution in [0.4, 0.5) is 0 Å². The summed E-state index contributed by atoms with van der Waals surface area (Å²) in [5.74, 6) is -2.39. The maximum Gasteiger partial charge on any atom is 0.305 e. The number of nitriles is 1. The number of carboxylic acids is 1. The molecular weight excluding hydrogens is 448 g/mol. The Morgan fingerprint density at radius 1 is 1.06 bits per heavy atom. The topological polar surface area (TPSA) is 144 Å². The number of carbonyl (C=O) groups excluding carboxylic acids is 1. The number of carbonyl (C=O) groups is 2. The van der Waals surface area contributed by atoms with Crippen LogP contribution < -0.4 is 16.2 Å². The fraction of sp³-hybridized carbons (Fsp3) is 0.154. The molecule has 35 heavy (non-hydrogen) atoms. The lowest BCUT2D eigenvalue weighted by atomic mass is 9.79. The number of aromatic nitrogens is 1. The van der Waals surface area contributed by atoms with E-state index in [1.807, 2.05) is 30.3 Å². The van der Waals surface area contributed by atoms with Crippen molar-refractivity contribution >= 4 is 17.6 Å². The van der Waals surface area contributed by atoms with E-state index >= 15 is 0 Å². The maximum absolute atomic E-state index is 13.7. The second-order valence-electron chi connectivity index (χ2n) is 8.00. The Morgan fingerprint density at radius 2 is 1.71 bits per heavy atom. The number of hydrogen-bond acceptors (Lipinski definition) is 6. The summed E-state index contributed by atoms with van der Waals surface area (Å²) in [6, 6.07) is 21.4. The molecule has 4 N–H and O–H groups in total. The van der Waals surface area contributed by atoms with Crippen molar-refractivity contribution in [1.29, 1.82) is 5.26 Å². The summed E-state index contributed by atoms with van der Waals surface area (Å²) in [6.07, 6.45) is 1.19. The molecule has 3 aromatic rings. The molecule has 0 fully saturated rings. The molecule has 0 radical (unpaired) electrons. The minimum absolute atomic E-state index is 0.00998. The number of aliphatic hydroxyl groups is 1. The normalized spacial score (nSPS) is 16.5. The Bertz CT molecular complexity index is 1410. The van der Waals surface area contributed by atoms with Crippen LogP contribution in [0.2, 0.25) is 0 Å². The molecular formula is C26H22N4O5. The van der Waals surface area contributed by atoms with Crippen molar-refractivity contribution in [1.82, 2.24) is 15.2 Å². The van der Waals surface area contributed by atoms with Gasteiger partial charge in [0.1, 0.15) is 11.8 Å². The van der Waals surface area contributed by atoms with Gasteiger partial charge in [-0.1, -0.05) is 60.7 Å². The van der Waals surface area contributed by atoms with Crippen LogP contribution >= 0.6 is 0 Å². The molecule has 2 heterocycles. The van der Waals surface area contributed by atoms with Crippen LogP contribution in [0.1, 0.15) is 28.7 Å². The smallest absolute Gasteiger partial charge is 0.305 e. The van der Waals surface area contributed by atoms with E-state index in [-0.39, 0.29) is 36.3 Å². The maximum atomic E-state index is 13.7. The van der Waals surface area contributed by atoms with Crippen molar-refractivity contribution in [2.24, 2.45) is 0 Å². The van der Waals surface area contributed by atoms with Crippen molar-refractivity contribution in [2.45, 2.75) is 18.5 Å². The van der Waals surface area contributed by atoms with E-state index in [1.54, 1.807) is 30.3 Å². The first-order valence-corrected chi connectivity index (χ1v) is 10.8. The van der Waals surface area contributed by atoms with Crippen LogP contribution in [-0.2, 0) is 21.7 Å². The zero-order valence-electron chi connectivity index (χ0n) is 18.6. The van der Waals surface area contributed by atoms with Crippen LogP contribution in [0.3, 0.4) is 0 Å². The van der Waals surface area contributed by atoms with Crippen molar-refractivity contribution in [3.05, 3.63) is 111 Å². The minimum atomic E-state index is -1.78. The number of amides is 1. The second-order valence-corrected chi connectivity index (χ2v) is 8.00. The van der Waals surface area contributed by atoms with Crippen LogP contribution in [-0.4, -0.2) is 33.2 Å². The van der Waals surface area contributed by atoms with E-state index in [9.17, 15) is 24.8 Å². The van der Waals surface area contributed by atoms with Crippen molar-refractivity contribution in [2.75, 3.05) is 6.54 Å². The third-order valence-corrected chi connectivity index (χ3v) is 5.77. The van der Waals surface area contributed by atoms with Gasteiger partial charge in [-0.2, -0.15) is 5.26 Å². The average Bonchev–Trinajstić information content (AvgIpc) is 2.87. The third-order valence-electron chi connectivity index (χ3n) is 5.77. The van der Waals surface area contributed by atoms with Crippen LogP contribution in [0.25, 0.3) is 5.76 Å². The predicted molar refractivity (Wildman–Crippen MR) is 127 cm³/mol. The number of nitrogens with one attached hydrogen (secondary N) is 2. The first kappa shape index (κ1) is 23.3. The molecule has 1 aromatic heterocycles. The number of nitrogens with zero attached hydrogens (tertiary/aromatic N) is 2. The molecule has 1 amide bonds. The second kappa shape index (κ2) is 9.57. The van der Waals surface area contributed by atoms with Crippen molar-refractivity contribution in [3.8, 4) is 6.07 Å². The van der Waals surface area contributed by atoms with Gasteiger partial charge < -0.3 is 25.4 Å². The zero-order valence-corrected chi connectivity index (χ0v) is 18.6. The zero-order chi connectivity index (χ0) is 25.0. The molecule has 1 aliphatic heterocycles. The SMILES string of the molecule is N#CC1(c2ccccc2)NC(C(=O)NCCC(=O)O)=C(O)c2ccn(Cc3ccccc3)c(=O)c21. The van der Waals surface area contributed by atoms with E-state index in [4.69, 9.17) is 5.11 Å². The van der Waals surface area contributed by atoms with E-state index in [0.29, 0.717) is 5.56 Å². The average molecular weight is 470 g/mol. The van der Waals surface area contributed by atoms with Gasteiger partial charge in [-0.05, 0) is 17.2 Å². The first-order valence-electron chi connectivity index (χ1n) is 10.8. The lowest BCUT2D eigenvalue weighted by Gasteiger charge is -2.35. The van der Waals surface area contributed by atoms with Gasteiger partial charge in [-0.3, -0.25) is 14.4 Å². The van der Waals surface area contributed by atoms with Crippen LogP contribution in [0.5, 0.6) is 0 Å². The highest BCUT2D eigenvalue weighted by atomic mass is 16.4. The molecule has 1 atom stereocenters. The van der Waals surface area contributed by atoms with E-state index in [2.05, 4.69) is 16.7 Å². The Hall–Kier alpha value is -4.84. The molecule has 9 nitrogen and oxygen atoms in total. The van der Waals surface area contributed by atoms with E-state index < -0.39 is 28.7 Å². The molecule has 0 bridgehead atoms. The fourth-order valence-corrected chi connectivity index (χ4v) is 4.07. The standard InChI is InChI=1S/C26H22N4O5/c27-16-26(18-9-5-2-6-10-18)21-19(23(33)22(29-26)24(34)28-13-11-20(31)32)12-14-30(25(21)35)15-17-7-3-1-4-8-17/h1-10,12,14,29,33H,11,13,15H2,(H,28,34)(H,31,32). The van der Waals surface area contributed by atoms with Crippen molar-refractivity contribution in [3.63, 3.8) is 0 Å². The lowest BCUT2D eigenvalue weighted by molar-refractivity contribution is -0.136. The quantitative estimate of drug-likeness (QED) is 0.414. The summed E-state index contributed by atoms with van der Waals surface area (Å²) in [5.41, 5.74) is -1.29. The van der Waals surface area contributed by atoms with Crippen LogP contribution in [0.15, 0.2) is 83.4 Å². The van der Waals surface area contributed by atoms with Gasteiger partial charge >= 0.3 is 5.97 Å². The number of aliphatic carboxylic acids is 1. The van der Waals surface area contributed by atoms with Gasteiger partial charge in [-0.25, -0.2) is 0 Å². The first-order chi connectivity index (χ1) is 16.9. The van der Waals surface area contributed by atoms with Crippen molar-refractivity contribution < 1.29 is 19.8 Å². The van der Waals surface area contributed by atoms with Gasteiger partial charge in [-0.15, -0.1) is 0 Å². The Labute approximate surface area is 200 Å². The summed E-state index contributed by atoms with van der Waals surface area (Å²) in [7, 11) is 0. The van der Waals surface area contributed by atoms with Gasteiger partial charge in [0.05, 0.1) is 18.5 Å². The number of fused-ring (bicyclic) bond motifs is 1. The lowest BCUT2D eigenvalue weighted by Crippen LogP contribution is -2.52. The molecule has 0 saturated heterocycles. The predicted octanol–water partition coefficient (Wildman–Crippen LogP) is 2.08. The number of rotatable bonds is 7. The number of pyridine rings is 1. The Balaban J connectivity index is 1.88. The van der Waals surface area contributed by atoms with E-state index in [1.165, 1.54) is 16.8 Å². The summed E-state index contributed by atoms with van der Waals surface area (Å²) >= 11 is 0. The highest BCUT2D eigenvalue weighted by Crippen LogP contribution is 2.37. The molecule has 9 heteroatoms. The molecule has 0 aliphatic carbocycles. The summed E-state index contributed by atoms with van der Waals surface area (Å²) < 4.78 is 1.44. The third kappa shape index (κ3) is 4.37. The summed E-state index contributed by atoms with van der Waals surface area (Å²) in [6.45, 7) is 0.0688. The largest absolute Gasteiger partial charge is 0.505 e. The Kier molecular flexibility index (Phi) is 6.38. The van der Waals surface area contributed by atoms with Crippen LogP contribution in [0, 0.1) is 11.3 Å². The van der Waals surface area contributed by atoms with Gasteiger partial charge in [0.2, 0.25) is 0 Å². The monoisotopic (exact) mass is 470 g/mol. The number of benzene rings is 2. The Morgan fingerprint density at radius 3 is 2.34 bits per heavy atom. The van der Waals surface area contributed by atoms with E-state index in [0.717, 1.165) is 5.56 Å². The number of carboxylic acid groups (broad SMARTS) is 1. The highest BCUT2D eigenvalue weighted by Gasteiger charge is 2.46. The molecule has 1 aliphatic rings. The number of aliphatic hydroxyl groups excluding tert-OH is 1. The number of hydrogen-bond donors (Lipinski definition) is 4. The molecule has 4 rings (SSSR count). The fourth-order valence-electron chi connectivity index (χ4n) is 4.07. The van der Waals surface area contributed by atoms with Gasteiger partial charge in [0, 0.05) is 18.3 Å². The molecule has 176 valence electrons. The minimum Gasteiger partial charge on any atom is -0.505 e. The molecule has 0 saturated carbocycles. The molecule has 2 aromatic carbocycles.